The van der Waals surface area contributed by atoms with Crippen molar-refractivity contribution in [1.29, 1.82) is 0 Å². The minimum atomic E-state index is -1.14. The van der Waals surface area contributed by atoms with E-state index in [9.17, 15) is 9.59 Å². The molecule has 0 spiro atoms. The molecule has 0 aromatic rings. The van der Waals surface area contributed by atoms with E-state index in [1.165, 1.54) is 0 Å². The third kappa shape index (κ3) is 4.10. The number of hydrogen-bond acceptors (Lipinski definition) is 3. The van der Waals surface area contributed by atoms with Crippen LogP contribution >= 0.6 is 0 Å². The van der Waals surface area contributed by atoms with Gasteiger partial charge in [-0.3, -0.25) is 9.59 Å². The summed E-state index contributed by atoms with van der Waals surface area (Å²) >= 11 is 0. The highest BCUT2D eigenvalue weighted by Crippen LogP contribution is 1.75. The minimum absolute atomic E-state index is 0.0831. The molecule has 0 saturated heterocycles. The minimum Gasteiger partial charge on any atom is -0.480 e. The average Bonchev–Trinajstić information content (AvgIpc) is 1.99. The van der Waals surface area contributed by atoms with E-state index in [1.54, 1.807) is 0 Å². The third-order valence-electron chi connectivity index (χ3n) is 0.999. The molecule has 0 aliphatic heterocycles. The van der Waals surface area contributed by atoms with Crippen LogP contribution < -0.4 is 11.1 Å². The van der Waals surface area contributed by atoms with Crippen molar-refractivity contribution in [3.8, 4) is 0 Å². The Kier molecular flexibility index (Phi) is 3.90. The van der Waals surface area contributed by atoms with Crippen LogP contribution in [0.4, 0.5) is 0 Å². The van der Waals surface area contributed by atoms with Gasteiger partial charge in [0.25, 0.3) is 0 Å². The molecular weight excluding hydrogens is 148 g/mol. The first-order chi connectivity index (χ1) is 5.07. The molecule has 62 valence electrons. The molecule has 4 N–H and O–H groups in total. The Balaban J connectivity index is 3.62. The maximum atomic E-state index is 10.5. The molecule has 0 fully saturated rings. The molecule has 0 rings (SSSR count). The highest BCUT2D eigenvalue weighted by atomic mass is 16.4. The molecule has 1 atom stereocenters. The lowest BCUT2D eigenvalue weighted by atomic mass is 10.3. The van der Waals surface area contributed by atoms with Crippen molar-refractivity contribution in [3.63, 3.8) is 0 Å². The van der Waals surface area contributed by atoms with Gasteiger partial charge in [-0.05, 0) is 6.08 Å². The highest BCUT2D eigenvalue weighted by molar-refractivity contribution is 5.87. The third-order valence-corrected chi connectivity index (χ3v) is 0.999. The Morgan fingerprint density at radius 1 is 1.73 bits per heavy atom. The van der Waals surface area contributed by atoms with Crippen LogP contribution in [-0.4, -0.2) is 29.6 Å². The summed E-state index contributed by atoms with van der Waals surface area (Å²) in [5.74, 6) is -1.57. The van der Waals surface area contributed by atoms with Gasteiger partial charge in [-0.25, -0.2) is 0 Å². The van der Waals surface area contributed by atoms with E-state index < -0.39 is 17.9 Å². The van der Waals surface area contributed by atoms with E-state index in [0.717, 1.165) is 6.08 Å². The van der Waals surface area contributed by atoms with E-state index >= 15 is 0 Å². The molecule has 1 unspecified atom stereocenters. The van der Waals surface area contributed by atoms with Crippen LogP contribution in [0.1, 0.15) is 0 Å². The lowest BCUT2D eigenvalue weighted by Crippen LogP contribution is -2.41. The number of carbonyl (C=O) groups excluding carboxylic acids is 1. The van der Waals surface area contributed by atoms with Gasteiger partial charge in [0, 0.05) is 6.54 Å². The quantitative estimate of drug-likeness (QED) is 0.443. The van der Waals surface area contributed by atoms with Crippen molar-refractivity contribution in [2.75, 3.05) is 6.54 Å². The second kappa shape index (κ2) is 4.45. The molecule has 0 heterocycles. The molecule has 0 aliphatic rings. The molecule has 0 aliphatic carbocycles. The predicted octanol–water partition coefficient (Wildman–Crippen LogP) is -1.30. The number of rotatable bonds is 4. The first kappa shape index (κ1) is 9.64. The molecule has 0 radical (unpaired) electrons. The number of carboxylic acids is 1. The summed E-state index contributed by atoms with van der Waals surface area (Å²) in [5, 5.41) is 10.5. The molecule has 0 aromatic heterocycles. The van der Waals surface area contributed by atoms with Crippen molar-refractivity contribution in [2.45, 2.75) is 6.04 Å². The summed E-state index contributed by atoms with van der Waals surface area (Å²) < 4.78 is 0. The van der Waals surface area contributed by atoms with Gasteiger partial charge < -0.3 is 16.2 Å². The topological polar surface area (TPSA) is 92.4 Å². The summed E-state index contributed by atoms with van der Waals surface area (Å²) in [6.07, 6.45) is 1.05. The van der Waals surface area contributed by atoms with Crippen molar-refractivity contribution in [2.24, 2.45) is 5.73 Å². The van der Waals surface area contributed by atoms with Gasteiger partial charge in [0.2, 0.25) is 5.91 Å². The Bertz CT molecular complexity index is 179. The van der Waals surface area contributed by atoms with Gasteiger partial charge in [-0.1, -0.05) is 6.58 Å². The summed E-state index contributed by atoms with van der Waals surface area (Å²) in [5.41, 5.74) is 5.07. The fourth-order valence-corrected chi connectivity index (χ4v) is 0.370. The highest BCUT2D eigenvalue weighted by Gasteiger charge is 2.10. The van der Waals surface area contributed by atoms with Gasteiger partial charge in [-0.15, -0.1) is 0 Å². The molecular formula is C6H10N2O3. The standard InChI is InChI=1S/C6H10N2O3/c1-2-5(9)8-3-4(7)6(10)11/h2,4H,1,3,7H2,(H,8,9)(H,10,11). The second-order valence-electron chi connectivity index (χ2n) is 1.89. The number of amides is 1. The maximum Gasteiger partial charge on any atom is 0.322 e. The number of nitrogens with one attached hydrogen (secondary N) is 1. The molecule has 5 nitrogen and oxygen atoms in total. The molecule has 0 bridgehead atoms. The second-order valence-corrected chi connectivity index (χ2v) is 1.89. The summed E-state index contributed by atoms with van der Waals surface area (Å²) in [7, 11) is 0. The summed E-state index contributed by atoms with van der Waals surface area (Å²) in [4.78, 5) is 20.6. The van der Waals surface area contributed by atoms with Gasteiger partial charge in [-0.2, -0.15) is 0 Å². The van der Waals surface area contributed by atoms with E-state index in [1.807, 2.05) is 0 Å². The van der Waals surface area contributed by atoms with Gasteiger partial charge in [0.15, 0.2) is 0 Å². The lowest BCUT2D eigenvalue weighted by Gasteiger charge is -2.05. The van der Waals surface area contributed by atoms with Gasteiger partial charge in [0.1, 0.15) is 6.04 Å². The van der Waals surface area contributed by atoms with E-state index in [0.29, 0.717) is 0 Å². The number of carboxylic acid groups (broad SMARTS) is 1. The molecule has 0 aromatic carbocycles. The summed E-state index contributed by atoms with van der Waals surface area (Å²) in [6.45, 7) is 3.10. The number of nitrogens with two attached hydrogens (primary N) is 1. The Morgan fingerprint density at radius 2 is 2.27 bits per heavy atom. The van der Waals surface area contributed by atoms with E-state index in [-0.39, 0.29) is 6.54 Å². The SMILES string of the molecule is C=CC(=O)NCC(N)C(=O)O. The van der Waals surface area contributed by atoms with Gasteiger partial charge >= 0.3 is 5.97 Å². The first-order valence-corrected chi connectivity index (χ1v) is 2.96. The van der Waals surface area contributed by atoms with Crippen LogP contribution in [0.15, 0.2) is 12.7 Å². The van der Waals surface area contributed by atoms with Crippen LogP contribution in [0.3, 0.4) is 0 Å². The van der Waals surface area contributed by atoms with E-state index in [4.69, 9.17) is 10.8 Å². The Hall–Kier alpha value is -1.36. The maximum absolute atomic E-state index is 10.5. The average molecular weight is 158 g/mol. The number of aliphatic carboxylic acids is 1. The van der Waals surface area contributed by atoms with Crippen molar-refractivity contribution in [1.82, 2.24) is 5.32 Å². The van der Waals surface area contributed by atoms with E-state index in [2.05, 4.69) is 11.9 Å². The van der Waals surface area contributed by atoms with Crippen LogP contribution in [0.25, 0.3) is 0 Å². The van der Waals surface area contributed by atoms with Crippen molar-refractivity contribution < 1.29 is 14.7 Å². The Morgan fingerprint density at radius 3 is 2.64 bits per heavy atom. The molecule has 0 saturated carbocycles. The lowest BCUT2D eigenvalue weighted by molar-refractivity contribution is -0.138. The fourth-order valence-electron chi connectivity index (χ4n) is 0.370. The zero-order valence-electron chi connectivity index (χ0n) is 5.91. The number of carbonyl (C=O) groups is 2. The number of hydrogen-bond donors (Lipinski definition) is 3. The fraction of sp³-hybridized carbons (Fsp3) is 0.333. The molecule has 5 heteroatoms. The molecule has 1 amide bonds. The van der Waals surface area contributed by atoms with Crippen LogP contribution in [-0.2, 0) is 9.59 Å². The zero-order valence-corrected chi connectivity index (χ0v) is 5.91. The summed E-state index contributed by atoms with van der Waals surface area (Å²) in [6, 6.07) is -1.06. The zero-order chi connectivity index (χ0) is 8.85. The van der Waals surface area contributed by atoms with Gasteiger partial charge in [0.05, 0.1) is 0 Å². The Labute approximate surface area is 63.9 Å². The van der Waals surface area contributed by atoms with Crippen molar-refractivity contribution >= 4 is 11.9 Å². The first-order valence-electron chi connectivity index (χ1n) is 2.96. The van der Waals surface area contributed by atoms with Crippen molar-refractivity contribution in [3.05, 3.63) is 12.7 Å². The predicted molar refractivity (Wildman–Crippen MR) is 38.8 cm³/mol. The normalized spacial score (nSPS) is 11.7. The smallest absolute Gasteiger partial charge is 0.322 e. The molecule has 11 heavy (non-hydrogen) atoms. The van der Waals surface area contributed by atoms with Crippen LogP contribution in [0, 0.1) is 0 Å². The largest absolute Gasteiger partial charge is 0.480 e. The van der Waals surface area contributed by atoms with Crippen LogP contribution in [0.5, 0.6) is 0 Å². The van der Waals surface area contributed by atoms with Crippen LogP contribution in [0.2, 0.25) is 0 Å². The monoisotopic (exact) mass is 158 g/mol.